The van der Waals surface area contributed by atoms with Crippen molar-refractivity contribution in [3.05, 3.63) is 82.9 Å². The molecule has 3 aromatic carbocycles. The maximum absolute atomic E-state index is 12.5. The third kappa shape index (κ3) is 7.59. The Kier molecular flexibility index (Phi) is 9.45. The van der Waals surface area contributed by atoms with Crippen molar-refractivity contribution in [1.29, 1.82) is 0 Å². The molecule has 0 unspecified atom stereocenters. The van der Waals surface area contributed by atoms with Crippen LogP contribution in [0.5, 0.6) is 23.0 Å². The van der Waals surface area contributed by atoms with Crippen molar-refractivity contribution in [3.8, 4) is 23.0 Å². The van der Waals surface area contributed by atoms with Crippen LogP contribution in [0.3, 0.4) is 0 Å². The summed E-state index contributed by atoms with van der Waals surface area (Å²) in [6.07, 6.45) is 2.36. The standard InChI is InChI=1S/C28H30N2O6/c1-5-14-34-23-11-8-22(9-12-23)28(32)36-25-13-7-21(16-26(25)33-4)17-29-30-27(31)18-35-24-10-6-19(2)20(3)15-24/h6-13,15-17H,5,14,18H2,1-4H3,(H,30,31). The lowest BCUT2D eigenvalue weighted by molar-refractivity contribution is -0.123. The van der Waals surface area contributed by atoms with E-state index in [1.807, 2.05) is 39.0 Å². The van der Waals surface area contributed by atoms with Crippen LogP contribution in [-0.2, 0) is 4.79 Å². The van der Waals surface area contributed by atoms with Crippen LogP contribution < -0.4 is 24.4 Å². The van der Waals surface area contributed by atoms with E-state index < -0.39 is 11.9 Å². The van der Waals surface area contributed by atoms with Crippen molar-refractivity contribution in [3.63, 3.8) is 0 Å². The molecule has 36 heavy (non-hydrogen) atoms. The number of ether oxygens (including phenoxy) is 4. The average molecular weight is 491 g/mol. The van der Waals surface area contributed by atoms with Gasteiger partial charge in [0.05, 0.1) is 25.5 Å². The molecule has 1 amide bonds. The highest BCUT2D eigenvalue weighted by Crippen LogP contribution is 2.28. The summed E-state index contributed by atoms with van der Waals surface area (Å²) in [4.78, 5) is 24.6. The average Bonchev–Trinajstić information content (AvgIpc) is 2.89. The Labute approximate surface area is 210 Å². The number of carbonyl (C=O) groups is 2. The van der Waals surface area contributed by atoms with E-state index in [4.69, 9.17) is 18.9 Å². The first-order chi connectivity index (χ1) is 17.4. The van der Waals surface area contributed by atoms with Gasteiger partial charge in [-0.15, -0.1) is 0 Å². The van der Waals surface area contributed by atoms with Gasteiger partial charge in [-0.25, -0.2) is 10.2 Å². The van der Waals surface area contributed by atoms with Gasteiger partial charge in [0.1, 0.15) is 11.5 Å². The number of benzene rings is 3. The third-order valence-electron chi connectivity index (χ3n) is 5.20. The molecule has 8 nitrogen and oxygen atoms in total. The van der Waals surface area contributed by atoms with Crippen molar-refractivity contribution >= 4 is 18.1 Å². The van der Waals surface area contributed by atoms with Crippen LogP contribution in [0.2, 0.25) is 0 Å². The van der Waals surface area contributed by atoms with E-state index in [0.29, 0.717) is 35.0 Å². The molecular weight excluding hydrogens is 460 g/mol. The minimum atomic E-state index is -0.521. The smallest absolute Gasteiger partial charge is 0.343 e. The van der Waals surface area contributed by atoms with Crippen molar-refractivity contribution in [2.45, 2.75) is 27.2 Å². The predicted molar refractivity (Wildman–Crippen MR) is 137 cm³/mol. The van der Waals surface area contributed by atoms with Gasteiger partial charge in [0.15, 0.2) is 18.1 Å². The van der Waals surface area contributed by atoms with Gasteiger partial charge in [-0.2, -0.15) is 5.10 Å². The predicted octanol–water partition coefficient (Wildman–Crippen LogP) is 4.85. The van der Waals surface area contributed by atoms with Crippen molar-refractivity contribution in [2.24, 2.45) is 5.10 Å². The van der Waals surface area contributed by atoms with Gasteiger partial charge < -0.3 is 18.9 Å². The lowest BCUT2D eigenvalue weighted by Crippen LogP contribution is -2.24. The van der Waals surface area contributed by atoms with Gasteiger partial charge >= 0.3 is 5.97 Å². The van der Waals surface area contributed by atoms with Gasteiger partial charge in [0.2, 0.25) is 0 Å². The first kappa shape index (κ1) is 26.3. The summed E-state index contributed by atoms with van der Waals surface area (Å²) in [7, 11) is 1.47. The zero-order valence-corrected chi connectivity index (χ0v) is 20.9. The Morgan fingerprint density at radius 2 is 1.64 bits per heavy atom. The number of aryl methyl sites for hydroxylation is 2. The van der Waals surface area contributed by atoms with Crippen LogP contribution in [0.25, 0.3) is 0 Å². The summed E-state index contributed by atoms with van der Waals surface area (Å²) < 4.78 is 21.9. The Bertz CT molecular complexity index is 1220. The summed E-state index contributed by atoms with van der Waals surface area (Å²) in [5.41, 5.74) is 5.68. The molecule has 0 aliphatic heterocycles. The van der Waals surface area contributed by atoms with E-state index in [2.05, 4.69) is 10.5 Å². The fourth-order valence-corrected chi connectivity index (χ4v) is 3.08. The molecule has 8 heteroatoms. The maximum atomic E-state index is 12.5. The van der Waals surface area contributed by atoms with Gasteiger partial charge in [-0.3, -0.25) is 4.79 Å². The molecular formula is C28H30N2O6. The molecule has 0 aliphatic rings. The second-order valence-corrected chi connectivity index (χ2v) is 8.00. The molecule has 3 rings (SSSR count). The number of nitrogens with one attached hydrogen (secondary N) is 1. The van der Waals surface area contributed by atoms with Crippen LogP contribution in [0.4, 0.5) is 0 Å². The number of methoxy groups -OCH3 is 1. The van der Waals surface area contributed by atoms with Crippen LogP contribution in [0.1, 0.15) is 40.4 Å². The first-order valence-electron chi connectivity index (χ1n) is 11.5. The largest absolute Gasteiger partial charge is 0.494 e. The molecule has 3 aromatic rings. The van der Waals surface area contributed by atoms with Crippen LogP contribution in [0, 0.1) is 13.8 Å². The molecule has 1 N–H and O–H groups in total. The first-order valence-corrected chi connectivity index (χ1v) is 11.5. The molecule has 0 bridgehead atoms. The monoisotopic (exact) mass is 490 g/mol. The second kappa shape index (κ2) is 12.9. The number of hydrogen-bond acceptors (Lipinski definition) is 7. The van der Waals surface area contributed by atoms with E-state index in [9.17, 15) is 9.59 Å². The lowest BCUT2D eigenvalue weighted by atomic mass is 10.1. The summed E-state index contributed by atoms with van der Waals surface area (Å²) in [5.74, 6) is 1.00. The van der Waals surface area contributed by atoms with Crippen LogP contribution in [0.15, 0.2) is 65.8 Å². The summed E-state index contributed by atoms with van der Waals surface area (Å²) in [6.45, 7) is 6.46. The number of amides is 1. The highest BCUT2D eigenvalue weighted by atomic mass is 16.6. The molecule has 0 radical (unpaired) electrons. The Balaban J connectivity index is 1.54. The van der Waals surface area contributed by atoms with E-state index in [0.717, 1.165) is 17.5 Å². The highest BCUT2D eigenvalue weighted by Gasteiger charge is 2.13. The Morgan fingerprint density at radius 3 is 2.33 bits per heavy atom. The summed E-state index contributed by atoms with van der Waals surface area (Å²) >= 11 is 0. The maximum Gasteiger partial charge on any atom is 0.343 e. The molecule has 0 atom stereocenters. The minimum absolute atomic E-state index is 0.163. The Morgan fingerprint density at radius 1 is 0.889 bits per heavy atom. The van der Waals surface area contributed by atoms with Gasteiger partial charge in [-0.05, 0) is 91.6 Å². The van der Waals surface area contributed by atoms with E-state index in [1.54, 1.807) is 42.5 Å². The van der Waals surface area contributed by atoms with Crippen molar-refractivity contribution in [1.82, 2.24) is 5.43 Å². The highest BCUT2D eigenvalue weighted by molar-refractivity contribution is 5.92. The third-order valence-corrected chi connectivity index (χ3v) is 5.20. The van der Waals surface area contributed by atoms with Gasteiger partial charge in [0, 0.05) is 0 Å². The molecule has 0 fully saturated rings. The normalized spacial score (nSPS) is 10.7. The van der Waals surface area contributed by atoms with Gasteiger partial charge in [-0.1, -0.05) is 13.0 Å². The van der Waals surface area contributed by atoms with E-state index in [1.165, 1.54) is 13.3 Å². The fourth-order valence-electron chi connectivity index (χ4n) is 3.08. The molecule has 0 aliphatic carbocycles. The molecule has 0 aromatic heterocycles. The molecule has 0 heterocycles. The zero-order chi connectivity index (χ0) is 25.9. The topological polar surface area (TPSA) is 95.5 Å². The number of hydrogen-bond donors (Lipinski definition) is 1. The zero-order valence-electron chi connectivity index (χ0n) is 20.9. The molecule has 188 valence electrons. The fraction of sp³-hybridized carbons (Fsp3) is 0.250. The number of nitrogens with zero attached hydrogens (tertiary/aromatic N) is 1. The number of esters is 1. The van der Waals surface area contributed by atoms with E-state index >= 15 is 0 Å². The second-order valence-electron chi connectivity index (χ2n) is 8.00. The molecule has 0 spiro atoms. The summed E-state index contributed by atoms with van der Waals surface area (Å²) in [5, 5.41) is 3.95. The molecule has 0 saturated carbocycles. The molecule has 0 saturated heterocycles. The Hall–Kier alpha value is -4.33. The number of carbonyl (C=O) groups excluding carboxylic acids is 2. The van der Waals surface area contributed by atoms with Crippen LogP contribution >= 0.6 is 0 Å². The van der Waals surface area contributed by atoms with Crippen molar-refractivity contribution in [2.75, 3.05) is 20.3 Å². The number of rotatable bonds is 11. The lowest BCUT2D eigenvalue weighted by Gasteiger charge is -2.10. The quantitative estimate of drug-likeness (QED) is 0.179. The van der Waals surface area contributed by atoms with Gasteiger partial charge in [0.25, 0.3) is 5.91 Å². The van der Waals surface area contributed by atoms with Crippen molar-refractivity contribution < 1.29 is 28.5 Å². The minimum Gasteiger partial charge on any atom is -0.494 e. The van der Waals surface area contributed by atoms with Crippen LogP contribution in [-0.4, -0.2) is 38.4 Å². The van der Waals surface area contributed by atoms with E-state index in [-0.39, 0.29) is 12.4 Å². The SMILES string of the molecule is CCCOc1ccc(C(=O)Oc2ccc(C=NNC(=O)COc3ccc(C)c(C)c3)cc2OC)cc1. The number of hydrazone groups is 1. The summed E-state index contributed by atoms with van der Waals surface area (Å²) in [6, 6.07) is 17.3.